The Hall–Kier alpha value is -2.98. The zero-order valence-electron chi connectivity index (χ0n) is 14.2. The summed E-state index contributed by atoms with van der Waals surface area (Å²) in [6, 6.07) is 21.9. The van der Waals surface area contributed by atoms with E-state index < -0.39 is 0 Å². The summed E-state index contributed by atoms with van der Waals surface area (Å²) in [4.78, 5) is 12.2. The summed E-state index contributed by atoms with van der Waals surface area (Å²) in [5, 5.41) is 3.30. The average molecular weight is 368 g/mol. The molecule has 0 atom stereocenters. The number of halogens is 1. The second-order valence-electron chi connectivity index (χ2n) is 5.68. The Morgan fingerprint density at radius 1 is 0.962 bits per heavy atom. The lowest BCUT2D eigenvalue weighted by Gasteiger charge is -2.13. The van der Waals surface area contributed by atoms with Crippen molar-refractivity contribution in [2.45, 2.75) is 6.92 Å². The molecule has 0 aliphatic carbocycles. The van der Waals surface area contributed by atoms with Gasteiger partial charge >= 0.3 is 0 Å². The van der Waals surface area contributed by atoms with Crippen LogP contribution in [0.1, 0.15) is 5.56 Å². The second-order valence-corrected chi connectivity index (χ2v) is 6.09. The van der Waals surface area contributed by atoms with Crippen molar-refractivity contribution in [3.8, 4) is 17.2 Å². The van der Waals surface area contributed by atoms with Crippen LogP contribution in [0.15, 0.2) is 72.8 Å². The Morgan fingerprint density at radius 3 is 2.46 bits per heavy atom. The van der Waals surface area contributed by atoms with Gasteiger partial charge in [0.05, 0.1) is 10.7 Å². The van der Waals surface area contributed by atoms with Gasteiger partial charge in [-0.1, -0.05) is 48.0 Å². The fourth-order valence-corrected chi connectivity index (χ4v) is 2.52. The van der Waals surface area contributed by atoms with Gasteiger partial charge in [-0.25, -0.2) is 0 Å². The molecule has 0 unspecified atom stereocenters. The molecular formula is C21H18ClNO3. The van der Waals surface area contributed by atoms with Crippen LogP contribution < -0.4 is 14.8 Å². The van der Waals surface area contributed by atoms with Crippen LogP contribution in [0.2, 0.25) is 5.02 Å². The molecule has 0 aliphatic heterocycles. The molecule has 0 aromatic heterocycles. The largest absolute Gasteiger partial charge is 0.484 e. The third kappa shape index (κ3) is 4.77. The average Bonchev–Trinajstić information content (AvgIpc) is 2.63. The Kier molecular flexibility index (Phi) is 5.77. The number of carbonyl (C=O) groups is 1. The van der Waals surface area contributed by atoms with E-state index in [0.717, 1.165) is 5.56 Å². The molecule has 5 heteroatoms. The monoisotopic (exact) mass is 367 g/mol. The highest BCUT2D eigenvalue weighted by Crippen LogP contribution is 2.33. The third-order valence-electron chi connectivity index (χ3n) is 3.58. The number of rotatable bonds is 6. The van der Waals surface area contributed by atoms with E-state index in [1.54, 1.807) is 24.3 Å². The van der Waals surface area contributed by atoms with E-state index in [4.69, 9.17) is 21.1 Å². The predicted octanol–water partition coefficient (Wildman–Crippen LogP) is 5.46. The Labute approximate surface area is 157 Å². The summed E-state index contributed by atoms with van der Waals surface area (Å²) in [6.45, 7) is 1.87. The minimum absolute atomic E-state index is 0.0934. The zero-order chi connectivity index (χ0) is 18.4. The van der Waals surface area contributed by atoms with Crippen LogP contribution >= 0.6 is 11.6 Å². The molecule has 0 fully saturated rings. The van der Waals surface area contributed by atoms with Crippen molar-refractivity contribution in [3.63, 3.8) is 0 Å². The van der Waals surface area contributed by atoms with Gasteiger partial charge in [0.2, 0.25) is 0 Å². The molecule has 26 heavy (non-hydrogen) atoms. The smallest absolute Gasteiger partial charge is 0.262 e. The quantitative estimate of drug-likeness (QED) is 0.629. The Balaban J connectivity index is 1.66. The highest BCUT2D eigenvalue weighted by molar-refractivity contribution is 6.32. The standard InChI is InChI=1S/C21H18ClNO3/c1-15-7-6-8-16(13-15)25-14-21(24)23-18-10-3-5-12-20(18)26-19-11-4-2-9-17(19)22/h2-13H,14H2,1H3,(H,23,24). The summed E-state index contributed by atoms with van der Waals surface area (Å²) in [5.74, 6) is 1.40. The maximum Gasteiger partial charge on any atom is 0.262 e. The molecule has 1 amide bonds. The molecule has 0 saturated heterocycles. The number of amides is 1. The van der Waals surface area contributed by atoms with Crippen molar-refractivity contribution < 1.29 is 14.3 Å². The predicted molar refractivity (Wildman–Crippen MR) is 103 cm³/mol. The van der Waals surface area contributed by atoms with E-state index in [9.17, 15) is 4.79 Å². The van der Waals surface area contributed by atoms with E-state index in [0.29, 0.717) is 28.0 Å². The van der Waals surface area contributed by atoms with E-state index in [1.807, 2.05) is 55.5 Å². The van der Waals surface area contributed by atoms with Crippen LogP contribution in [0.4, 0.5) is 5.69 Å². The fourth-order valence-electron chi connectivity index (χ4n) is 2.35. The summed E-state index contributed by atoms with van der Waals surface area (Å²) < 4.78 is 11.4. The van der Waals surface area contributed by atoms with Gasteiger partial charge < -0.3 is 14.8 Å². The van der Waals surface area contributed by atoms with Crippen LogP contribution in [0.3, 0.4) is 0 Å². The normalized spacial score (nSPS) is 10.2. The molecule has 0 saturated carbocycles. The summed E-state index contributed by atoms with van der Waals surface area (Å²) in [7, 11) is 0. The summed E-state index contributed by atoms with van der Waals surface area (Å²) in [5.41, 5.74) is 1.62. The molecule has 0 radical (unpaired) electrons. The topological polar surface area (TPSA) is 47.6 Å². The van der Waals surface area contributed by atoms with Gasteiger partial charge in [-0.3, -0.25) is 4.79 Å². The number of carbonyl (C=O) groups excluding carboxylic acids is 1. The maximum atomic E-state index is 12.2. The van der Waals surface area contributed by atoms with Crippen LogP contribution in [-0.2, 0) is 4.79 Å². The molecule has 0 aliphatic rings. The molecule has 0 bridgehead atoms. The summed E-state index contributed by atoms with van der Waals surface area (Å²) in [6.07, 6.45) is 0. The molecule has 3 aromatic carbocycles. The molecule has 132 valence electrons. The van der Waals surface area contributed by atoms with Crippen LogP contribution in [0.5, 0.6) is 17.2 Å². The number of anilines is 1. The highest BCUT2D eigenvalue weighted by Gasteiger charge is 2.10. The number of hydrogen-bond donors (Lipinski definition) is 1. The number of ether oxygens (including phenoxy) is 2. The first kappa shape index (κ1) is 17.8. The SMILES string of the molecule is Cc1cccc(OCC(=O)Nc2ccccc2Oc2ccccc2Cl)c1. The lowest BCUT2D eigenvalue weighted by molar-refractivity contribution is -0.118. The van der Waals surface area contributed by atoms with Crippen molar-refractivity contribution in [2.24, 2.45) is 0 Å². The van der Waals surface area contributed by atoms with Gasteiger partial charge in [0.1, 0.15) is 11.5 Å². The number of aryl methyl sites for hydroxylation is 1. The van der Waals surface area contributed by atoms with Crippen molar-refractivity contribution in [2.75, 3.05) is 11.9 Å². The minimum atomic E-state index is -0.276. The van der Waals surface area contributed by atoms with Gasteiger partial charge in [0, 0.05) is 0 Å². The first-order chi connectivity index (χ1) is 12.6. The number of hydrogen-bond acceptors (Lipinski definition) is 3. The van der Waals surface area contributed by atoms with Crippen LogP contribution in [0, 0.1) is 6.92 Å². The second kappa shape index (κ2) is 8.41. The highest BCUT2D eigenvalue weighted by atomic mass is 35.5. The Bertz CT molecular complexity index is 911. The lowest BCUT2D eigenvalue weighted by Crippen LogP contribution is -2.20. The van der Waals surface area contributed by atoms with Gasteiger partial charge in [-0.15, -0.1) is 0 Å². The first-order valence-electron chi connectivity index (χ1n) is 8.12. The van der Waals surface area contributed by atoms with E-state index >= 15 is 0 Å². The summed E-state index contributed by atoms with van der Waals surface area (Å²) >= 11 is 6.13. The van der Waals surface area contributed by atoms with Gasteiger partial charge in [0.25, 0.3) is 5.91 Å². The fraction of sp³-hybridized carbons (Fsp3) is 0.0952. The zero-order valence-corrected chi connectivity index (χ0v) is 15.0. The molecule has 3 aromatic rings. The van der Waals surface area contributed by atoms with E-state index in [1.165, 1.54) is 0 Å². The minimum Gasteiger partial charge on any atom is -0.484 e. The van der Waals surface area contributed by atoms with Gasteiger partial charge in [-0.05, 0) is 48.9 Å². The molecule has 3 rings (SSSR count). The third-order valence-corrected chi connectivity index (χ3v) is 3.89. The van der Waals surface area contributed by atoms with E-state index in [-0.39, 0.29) is 12.5 Å². The molecule has 1 N–H and O–H groups in total. The molecule has 4 nitrogen and oxygen atoms in total. The van der Waals surface area contributed by atoms with Gasteiger partial charge in [0.15, 0.2) is 12.4 Å². The first-order valence-corrected chi connectivity index (χ1v) is 8.50. The van der Waals surface area contributed by atoms with Crippen molar-refractivity contribution in [1.82, 2.24) is 0 Å². The van der Waals surface area contributed by atoms with Crippen molar-refractivity contribution in [1.29, 1.82) is 0 Å². The molecular weight excluding hydrogens is 350 g/mol. The lowest BCUT2D eigenvalue weighted by atomic mass is 10.2. The maximum absolute atomic E-state index is 12.2. The number of para-hydroxylation sites is 3. The number of nitrogens with one attached hydrogen (secondary N) is 1. The van der Waals surface area contributed by atoms with Crippen molar-refractivity contribution >= 4 is 23.2 Å². The van der Waals surface area contributed by atoms with Crippen LogP contribution in [-0.4, -0.2) is 12.5 Å². The van der Waals surface area contributed by atoms with Gasteiger partial charge in [-0.2, -0.15) is 0 Å². The number of benzene rings is 3. The van der Waals surface area contributed by atoms with Crippen molar-refractivity contribution in [3.05, 3.63) is 83.4 Å². The molecule has 0 spiro atoms. The Morgan fingerprint density at radius 2 is 1.69 bits per heavy atom. The van der Waals surface area contributed by atoms with Crippen LogP contribution in [0.25, 0.3) is 0 Å². The van der Waals surface area contributed by atoms with E-state index in [2.05, 4.69) is 5.32 Å². The molecule has 0 heterocycles.